The van der Waals surface area contributed by atoms with E-state index in [1.165, 1.54) is 17.7 Å². The van der Waals surface area contributed by atoms with Crippen molar-refractivity contribution in [1.82, 2.24) is 4.31 Å². The first-order chi connectivity index (χ1) is 10.7. The first kappa shape index (κ1) is 18.0. The lowest BCUT2D eigenvalue weighted by molar-refractivity contribution is -0.120. The fourth-order valence-electron chi connectivity index (χ4n) is 2.62. The summed E-state index contributed by atoms with van der Waals surface area (Å²) in [6.45, 7) is 2.51. The number of benzene rings is 1. The molecule has 1 amide bonds. The predicted octanol–water partition coefficient (Wildman–Crippen LogP) is 2.27. The van der Waals surface area contributed by atoms with Gasteiger partial charge in [-0.2, -0.15) is 0 Å². The number of amides is 1. The van der Waals surface area contributed by atoms with E-state index in [2.05, 4.69) is 5.32 Å². The van der Waals surface area contributed by atoms with Gasteiger partial charge >= 0.3 is 0 Å². The number of aryl methyl sites for hydroxylation is 1. The Morgan fingerprint density at radius 3 is 2.74 bits per heavy atom. The number of halogens is 1. The van der Waals surface area contributed by atoms with E-state index in [4.69, 9.17) is 16.3 Å². The summed E-state index contributed by atoms with van der Waals surface area (Å²) in [5.41, 5.74) is 1.36. The molecule has 0 aromatic heterocycles. The van der Waals surface area contributed by atoms with Crippen molar-refractivity contribution in [1.29, 1.82) is 0 Å². The lowest BCUT2D eigenvalue weighted by atomic mass is 9.98. The van der Waals surface area contributed by atoms with Gasteiger partial charge in [-0.05, 0) is 31.4 Å². The topological polar surface area (TPSA) is 75.7 Å². The standard InChI is InChI=1S/C15H21ClN2O4S/c1-10-7-13(14(22-2)8-12(10)16)17-15(19)11-5-4-6-18(9-11)23(3,20)21/h7-8,11H,4-6,9H2,1-3H3,(H,17,19)/t11-/m0/s1. The van der Waals surface area contributed by atoms with Crippen LogP contribution < -0.4 is 10.1 Å². The van der Waals surface area contributed by atoms with Crippen LogP contribution in [0.1, 0.15) is 18.4 Å². The molecule has 1 aliphatic heterocycles. The second-order valence-electron chi connectivity index (χ2n) is 5.75. The number of ether oxygens (including phenoxy) is 1. The minimum Gasteiger partial charge on any atom is -0.495 e. The number of sulfonamides is 1. The summed E-state index contributed by atoms with van der Waals surface area (Å²) in [7, 11) is -1.78. The third-order valence-corrected chi connectivity index (χ3v) is 5.64. The van der Waals surface area contributed by atoms with Crippen molar-refractivity contribution in [3.63, 3.8) is 0 Å². The largest absolute Gasteiger partial charge is 0.495 e. The Labute approximate surface area is 141 Å². The van der Waals surface area contributed by atoms with Crippen LogP contribution in [-0.4, -0.2) is 45.1 Å². The van der Waals surface area contributed by atoms with E-state index in [1.54, 1.807) is 12.1 Å². The van der Waals surface area contributed by atoms with Crippen LogP contribution in [0.15, 0.2) is 12.1 Å². The highest BCUT2D eigenvalue weighted by atomic mass is 35.5. The number of piperidine rings is 1. The smallest absolute Gasteiger partial charge is 0.228 e. The molecule has 0 saturated carbocycles. The van der Waals surface area contributed by atoms with Gasteiger partial charge in [-0.1, -0.05) is 11.6 Å². The molecule has 0 aliphatic carbocycles. The molecule has 1 atom stereocenters. The zero-order valence-electron chi connectivity index (χ0n) is 13.4. The molecule has 1 aliphatic rings. The van der Waals surface area contributed by atoms with Gasteiger partial charge in [0.1, 0.15) is 5.75 Å². The van der Waals surface area contributed by atoms with Crippen LogP contribution in [-0.2, 0) is 14.8 Å². The van der Waals surface area contributed by atoms with Crippen LogP contribution in [0.3, 0.4) is 0 Å². The van der Waals surface area contributed by atoms with Gasteiger partial charge < -0.3 is 10.1 Å². The molecule has 0 bridgehead atoms. The molecule has 1 saturated heterocycles. The number of anilines is 1. The third kappa shape index (κ3) is 4.37. The van der Waals surface area contributed by atoms with Gasteiger partial charge in [0.2, 0.25) is 15.9 Å². The number of methoxy groups -OCH3 is 1. The molecule has 6 nitrogen and oxygen atoms in total. The quantitative estimate of drug-likeness (QED) is 0.893. The predicted molar refractivity (Wildman–Crippen MR) is 90.5 cm³/mol. The molecule has 1 aromatic rings. The van der Waals surface area contributed by atoms with Crippen molar-refractivity contribution in [2.45, 2.75) is 19.8 Å². The van der Waals surface area contributed by atoms with E-state index in [-0.39, 0.29) is 18.4 Å². The van der Waals surface area contributed by atoms with Gasteiger partial charge in [0.25, 0.3) is 0 Å². The highest BCUT2D eigenvalue weighted by molar-refractivity contribution is 7.88. The minimum absolute atomic E-state index is 0.208. The van der Waals surface area contributed by atoms with E-state index in [9.17, 15) is 13.2 Å². The number of hydrogen-bond donors (Lipinski definition) is 1. The molecule has 0 unspecified atom stereocenters. The van der Waals surface area contributed by atoms with Crippen LogP contribution >= 0.6 is 11.6 Å². The van der Waals surface area contributed by atoms with Crippen molar-refractivity contribution in [3.05, 3.63) is 22.7 Å². The summed E-state index contributed by atoms with van der Waals surface area (Å²) >= 11 is 6.05. The zero-order chi connectivity index (χ0) is 17.2. The van der Waals surface area contributed by atoms with Crippen LogP contribution in [0.5, 0.6) is 5.75 Å². The minimum atomic E-state index is -3.28. The summed E-state index contributed by atoms with van der Waals surface area (Å²) < 4.78 is 29.9. The molecular formula is C15H21ClN2O4S. The maximum Gasteiger partial charge on any atom is 0.228 e. The monoisotopic (exact) mass is 360 g/mol. The lowest BCUT2D eigenvalue weighted by Crippen LogP contribution is -2.43. The van der Waals surface area contributed by atoms with Gasteiger partial charge in [0.15, 0.2) is 0 Å². The van der Waals surface area contributed by atoms with Gasteiger partial charge in [-0.3, -0.25) is 4.79 Å². The Hall–Kier alpha value is -1.31. The average molecular weight is 361 g/mol. The summed E-state index contributed by atoms with van der Waals surface area (Å²) in [6.07, 6.45) is 2.49. The van der Waals surface area contributed by atoms with Crippen molar-refractivity contribution < 1.29 is 17.9 Å². The van der Waals surface area contributed by atoms with E-state index in [0.717, 1.165) is 5.56 Å². The SMILES string of the molecule is COc1cc(Cl)c(C)cc1NC(=O)[C@H]1CCCN(S(C)(=O)=O)C1. The second kappa shape index (κ2) is 7.07. The third-order valence-electron chi connectivity index (χ3n) is 3.96. The van der Waals surface area contributed by atoms with Crippen molar-refractivity contribution in [2.75, 3.05) is 31.8 Å². The molecule has 8 heteroatoms. The van der Waals surface area contributed by atoms with Crippen LogP contribution in [0.4, 0.5) is 5.69 Å². The normalized spacial score (nSPS) is 19.4. The van der Waals surface area contributed by atoms with E-state index < -0.39 is 10.0 Å². The molecule has 1 heterocycles. The van der Waals surface area contributed by atoms with Gasteiger partial charge in [-0.15, -0.1) is 0 Å². The van der Waals surface area contributed by atoms with Crippen molar-refractivity contribution in [2.24, 2.45) is 5.92 Å². The van der Waals surface area contributed by atoms with Crippen molar-refractivity contribution >= 4 is 33.2 Å². The fraction of sp³-hybridized carbons (Fsp3) is 0.533. The molecule has 128 valence electrons. The number of nitrogens with zero attached hydrogens (tertiary/aromatic N) is 1. The molecule has 0 radical (unpaired) electrons. The Bertz CT molecular complexity index is 706. The van der Waals surface area contributed by atoms with Crippen LogP contribution in [0, 0.1) is 12.8 Å². The van der Waals surface area contributed by atoms with E-state index in [1.807, 2.05) is 6.92 Å². The number of rotatable bonds is 4. The molecule has 1 fully saturated rings. The Kier molecular flexibility index (Phi) is 5.54. The number of carbonyl (C=O) groups excluding carboxylic acids is 1. The fourth-order valence-corrected chi connectivity index (χ4v) is 3.69. The molecule has 0 spiro atoms. The zero-order valence-corrected chi connectivity index (χ0v) is 15.0. The molecule has 2 rings (SSSR count). The Morgan fingerprint density at radius 1 is 1.43 bits per heavy atom. The highest BCUT2D eigenvalue weighted by Crippen LogP contribution is 2.31. The number of hydrogen-bond acceptors (Lipinski definition) is 4. The summed E-state index contributed by atoms with van der Waals surface area (Å²) in [5, 5.41) is 3.38. The first-order valence-corrected chi connectivity index (χ1v) is 9.55. The van der Waals surface area contributed by atoms with Gasteiger partial charge in [0.05, 0.1) is 25.0 Å². The summed E-state index contributed by atoms with van der Waals surface area (Å²) in [4.78, 5) is 12.5. The number of carbonyl (C=O) groups is 1. The first-order valence-electron chi connectivity index (χ1n) is 7.32. The number of nitrogens with one attached hydrogen (secondary N) is 1. The van der Waals surface area contributed by atoms with Crippen LogP contribution in [0.2, 0.25) is 5.02 Å². The maximum absolute atomic E-state index is 12.5. The molecule has 1 aromatic carbocycles. The average Bonchev–Trinajstić information content (AvgIpc) is 2.50. The van der Waals surface area contributed by atoms with Crippen LogP contribution in [0.25, 0.3) is 0 Å². The Morgan fingerprint density at radius 2 is 2.13 bits per heavy atom. The molecular weight excluding hydrogens is 340 g/mol. The molecule has 23 heavy (non-hydrogen) atoms. The van der Waals surface area contributed by atoms with E-state index >= 15 is 0 Å². The maximum atomic E-state index is 12.5. The Balaban J connectivity index is 2.14. The highest BCUT2D eigenvalue weighted by Gasteiger charge is 2.30. The second-order valence-corrected chi connectivity index (χ2v) is 8.14. The summed E-state index contributed by atoms with van der Waals surface area (Å²) in [6, 6.07) is 3.40. The molecule has 1 N–H and O–H groups in total. The van der Waals surface area contributed by atoms with E-state index in [0.29, 0.717) is 35.8 Å². The van der Waals surface area contributed by atoms with Gasteiger partial charge in [0, 0.05) is 24.2 Å². The van der Waals surface area contributed by atoms with Crippen molar-refractivity contribution in [3.8, 4) is 5.75 Å². The van der Waals surface area contributed by atoms with Gasteiger partial charge in [-0.25, -0.2) is 12.7 Å². The summed E-state index contributed by atoms with van der Waals surface area (Å²) in [5.74, 6) is -0.109. The lowest BCUT2D eigenvalue weighted by Gasteiger charge is -2.30.